The van der Waals surface area contributed by atoms with Gasteiger partial charge in [0, 0.05) is 31.0 Å². The molecule has 0 heterocycles. The molecule has 20 heavy (non-hydrogen) atoms. The molecule has 0 saturated heterocycles. The Morgan fingerprint density at radius 2 is 1.55 bits per heavy atom. The Morgan fingerprint density at radius 1 is 0.950 bits per heavy atom. The van der Waals surface area contributed by atoms with Crippen molar-refractivity contribution in [2.24, 2.45) is 0 Å². The molecule has 2 rings (SSSR count). The first-order valence-electron chi connectivity index (χ1n) is 6.44. The molecule has 0 amide bonds. The van der Waals surface area contributed by atoms with E-state index in [9.17, 15) is 8.78 Å². The van der Waals surface area contributed by atoms with Gasteiger partial charge in [-0.05, 0) is 24.3 Å². The largest absolute Gasteiger partial charge is 0.379 e. The molecule has 0 atom stereocenters. The number of benzene rings is 2. The lowest BCUT2D eigenvalue weighted by molar-refractivity contribution is 0.0106. The van der Waals surface area contributed by atoms with Crippen LogP contribution in [0.2, 0.25) is 0 Å². The molecule has 106 valence electrons. The Hall–Kier alpha value is -2.10. The summed E-state index contributed by atoms with van der Waals surface area (Å²) in [5, 5.41) is 2.78. The molecule has 2 aromatic rings. The van der Waals surface area contributed by atoms with Crippen molar-refractivity contribution in [2.45, 2.75) is 5.92 Å². The molecule has 0 aliphatic heterocycles. The highest BCUT2D eigenvalue weighted by molar-refractivity contribution is 5.54. The number of rotatable bonds is 5. The SMILES string of the molecule is CN(C)c1ccc(NCC(F)(F)c2ccccc2)cc1. The van der Waals surface area contributed by atoms with E-state index in [-0.39, 0.29) is 5.56 Å². The molecule has 0 bridgehead atoms. The van der Waals surface area contributed by atoms with Crippen molar-refractivity contribution in [3.05, 3.63) is 60.2 Å². The first-order valence-corrected chi connectivity index (χ1v) is 6.44. The molecule has 0 saturated carbocycles. The molecule has 0 aromatic heterocycles. The van der Waals surface area contributed by atoms with Gasteiger partial charge in [-0.2, -0.15) is 8.78 Å². The third kappa shape index (κ3) is 3.47. The van der Waals surface area contributed by atoms with Crippen LogP contribution in [0.4, 0.5) is 20.2 Å². The van der Waals surface area contributed by atoms with E-state index in [1.807, 2.05) is 31.1 Å². The number of nitrogens with zero attached hydrogens (tertiary/aromatic N) is 1. The molecule has 0 radical (unpaired) electrons. The zero-order valence-electron chi connectivity index (χ0n) is 11.6. The predicted molar refractivity (Wildman–Crippen MR) is 79.6 cm³/mol. The van der Waals surface area contributed by atoms with Crippen molar-refractivity contribution in [3.63, 3.8) is 0 Å². The second kappa shape index (κ2) is 5.90. The summed E-state index contributed by atoms with van der Waals surface area (Å²) >= 11 is 0. The van der Waals surface area contributed by atoms with Crippen LogP contribution in [-0.4, -0.2) is 20.6 Å². The van der Waals surface area contributed by atoms with Gasteiger partial charge in [0.15, 0.2) is 0 Å². The highest BCUT2D eigenvalue weighted by Gasteiger charge is 2.30. The lowest BCUT2D eigenvalue weighted by Crippen LogP contribution is -2.24. The molecule has 0 aliphatic rings. The summed E-state index contributed by atoms with van der Waals surface area (Å²) in [6, 6.07) is 15.2. The van der Waals surface area contributed by atoms with E-state index in [1.54, 1.807) is 30.3 Å². The van der Waals surface area contributed by atoms with Gasteiger partial charge in [0.1, 0.15) is 0 Å². The minimum absolute atomic E-state index is 0.0254. The van der Waals surface area contributed by atoms with Crippen LogP contribution >= 0.6 is 0 Å². The Balaban J connectivity index is 2.01. The first-order chi connectivity index (χ1) is 9.49. The molecule has 0 spiro atoms. The van der Waals surface area contributed by atoms with Gasteiger partial charge < -0.3 is 10.2 Å². The molecular weight excluding hydrogens is 258 g/mol. The summed E-state index contributed by atoms with van der Waals surface area (Å²) in [6.45, 7) is -0.418. The normalized spacial score (nSPS) is 11.2. The third-order valence-electron chi connectivity index (χ3n) is 3.09. The van der Waals surface area contributed by atoms with Crippen molar-refractivity contribution >= 4 is 11.4 Å². The van der Waals surface area contributed by atoms with Gasteiger partial charge in [-0.3, -0.25) is 0 Å². The average Bonchev–Trinajstić information content (AvgIpc) is 2.46. The minimum Gasteiger partial charge on any atom is -0.379 e. The Kier molecular flexibility index (Phi) is 4.23. The maximum absolute atomic E-state index is 14.0. The Labute approximate surface area is 118 Å². The minimum atomic E-state index is -2.89. The lowest BCUT2D eigenvalue weighted by Gasteiger charge is -2.19. The Bertz CT molecular complexity index is 536. The van der Waals surface area contributed by atoms with Gasteiger partial charge >= 0.3 is 0 Å². The predicted octanol–water partition coefficient (Wildman–Crippen LogP) is 3.96. The molecule has 2 nitrogen and oxygen atoms in total. The summed E-state index contributed by atoms with van der Waals surface area (Å²) in [4.78, 5) is 1.96. The quantitative estimate of drug-likeness (QED) is 0.889. The average molecular weight is 276 g/mol. The summed E-state index contributed by atoms with van der Waals surface area (Å²) in [6.07, 6.45) is 0. The number of halogens is 2. The third-order valence-corrected chi connectivity index (χ3v) is 3.09. The van der Waals surface area contributed by atoms with E-state index >= 15 is 0 Å². The van der Waals surface area contributed by atoms with Crippen LogP contribution < -0.4 is 10.2 Å². The summed E-state index contributed by atoms with van der Waals surface area (Å²) in [5.74, 6) is -2.89. The second-order valence-electron chi connectivity index (χ2n) is 4.87. The van der Waals surface area contributed by atoms with Crippen LogP contribution in [-0.2, 0) is 5.92 Å². The van der Waals surface area contributed by atoms with Crippen molar-refractivity contribution in [2.75, 3.05) is 30.9 Å². The number of hydrogen-bond acceptors (Lipinski definition) is 2. The molecule has 4 heteroatoms. The molecule has 2 aromatic carbocycles. The van der Waals surface area contributed by atoms with Crippen LogP contribution in [0.15, 0.2) is 54.6 Å². The van der Waals surface area contributed by atoms with Crippen molar-refractivity contribution in [3.8, 4) is 0 Å². The van der Waals surface area contributed by atoms with Crippen molar-refractivity contribution < 1.29 is 8.78 Å². The molecular formula is C16H18F2N2. The van der Waals surface area contributed by atoms with Gasteiger partial charge in [-0.15, -0.1) is 0 Å². The number of alkyl halides is 2. The van der Waals surface area contributed by atoms with Crippen LogP contribution in [0, 0.1) is 0 Å². The van der Waals surface area contributed by atoms with E-state index in [2.05, 4.69) is 5.32 Å². The van der Waals surface area contributed by atoms with Crippen LogP contribution in [0.3, 0.4) is 0 Å². The van der Waals surface area contributed by atoms with Crippen LogP contribution in [0.25, 0.3) is 0 Å². The summed E-state index contributed by atoms with van der Waals surface area (Å²) in [7, 11) is 3.87. The summed E-state index contributed by atoms with van der Waals surface area (Å²) < 4.78 is 28.0. The molecule has 0 unspecified atom stereocenters. The molecule has 0 fully saturated rings. The zero-order chi connectivity index (χ0) is 14.6. The smallest absolute Gasteiger partial charge is 0.290 e. The van der Waals surface area contributed by atoms with E-state index in [0.717, 1.165) is 5.69 Å². The maximum atomic E-state index is 14.0. The van der Waals surface area contributed by atoms with Gasteiger partial charge in [-0.25, -0.2) is 0 Å². The van der Waals surface area contributed by atoms with E-state index in [4.69, 9.17) is 0 Å². The zero-order valence-corrected chi connectivity index (χ0v) is 11.6. The van der Waals surface area contributed by atoms with E-state index in [0.29, 0.717) is 5.69 Å². The van der Waals surface area contributed by atoms with Crippen LogP contribution in [0.5, 0.6) is 0 Å². The fourth-order valence-corrected chi connectivity index (χ4v) is 1.87. The fraction of sp³-hybridized carbons (Fsp3) is 0.250. The van der Waals surface area contributed by atoms with Gasteiger partial charge in [0.2, 0.25) is 0 Å². The van der Waals surface area contributed by atoms with Gasteiger partial charge in [-0.1, -0.05) is 30.3 Å². The first kappa shape index (κ1) is 14.3. The molecule has 0 aliphatic carbocycles. The molecule has 1 N–H and O–H groups in total. The number of anilines is 2. The maximum Gasteiger partial charge on any atom is 0.290 e. The Morgan fingerprint density at radius 3 is 2.10 bits per heavy atom. The van der Waals surface area contributed by atoms with E-state index in [1.165, 1.54) is 12.1 Å². The number of nitrogens with one attached hydrogen (secondary N) is 1. The highest BCUT2D eigenvalue weighted by Crippen LogP contribution is 2.28. The van der Waals surface area contributed by atoms with Gasteiger partial charge in [0.05, 0.1) is 6.54 Å². The standard InChI is InChI=1S/C16H18F2N2/c1-20(2)15-10-8-14(9-11-15)19-12-16(17,18)13-6-4-3-5-7-13/h3-11,19H,12H2,1-2H3. The van der Waals surface area contributed by atoms with Gasteiger partial charge in [0.25, 0.3) is 5.92 Å². The lowest BCUT2D eigenvalue weighted by atomic mass is 10.1. The monoisotopic (exact) mass is 276 g/mol. The van der Waals surface area contributed by atoms with Crippen molar-refractivity contribution in [1.82, 2.24) is 0 Å². The van der Waals surface area contributed by atoms with Crippen LogP contribution in [0.1, 0.15) is 5.56 Å². The second-order valence-corrected chi connectivity index (χ2v) is 4.87. The van der Waals surface area contributed by atoms with E-state index < -0.39 is 12.5 Å². The summed E-state index contributed by atoms with van der Waals surface area (Å²) in [5.41, 5.74) is 1.74. The topological polar surface area (TPSA) is 15.3 Å². The number of hydrogen-bond donors (Lipinski definition) is 1. The fourth-order valence-electron chi connectivity index (χ4n) is 1.87. The van der Waals surface area contributed by atoms with Crippen molar-refractivity contribution in [1.29, 1.82) is 0 Å². The highest BCUT2D eigenvalue weighted by atomic mass is 19.3.